The minimum Gasteiger partial charge on any atom is -0.462 e. The van der Waals surface area contributed by atoms with E-state index in [1.165, 1.54) is 11.3 Å². The number of amides is 1. The zero-order valence-electron chi connectivity index (χ0n) is 14.1. The third-order valence-electron chi connectivity index (χ3n) is 3.88. The van der Waals surface area contributed by atoms with Gasteiger partial charge in [-0.15, -0.1) is 11.3 Å². The molecule has 0 radical (unpaired) electrons. The fraction of sp³-hybridized carbons (Fsp3) is 0.105. The van der Waals surface area contributed by atoms with Crippen LogP contribution in [0.2, 0.25) is 0 Å². The first-order valence-corrected chi connectivity index (χ1v) is 8.92. The van der Waals surface area contributed by atoms with Crippen molar-refractivity contribution in [2.24, 2.45) is 0 Å². The number of carbonyl (C=O) groups is 1. The smallest absolute Gasteiger partial charge is 0.273 e. The molecule has 0 atom stereocenters. The van der Waals surface area contributed by atoms with E-state index in [9.17, 15) is 4.79 Å². The van der Waals surface area contributed by atoms with Crippen LogP contribution in [0.5, 0.6) is 0 Å². The number of rotatable bonds is 5. The van der Waals surface area contributed by atoms with Crippen molar-refractivity contribution in [1.29, 1.82) is 0 Å². The summed E-state index contributed by atoms with van der Waals surface area (Å²) in [5, 5.41) is 6.81. The van der Waals surface area contributed by atoms with Crippen molar-refractivity contribution < 1.29 is 9.21 Å². The van der Waals surface area contributed by atoms with Crippen molar-refractivity contribution in [2.45, 2.75) is 6.54 Å². The average molecular weight is 364 g/mol. The lowest BCUT2D eigenvalue weighted by Gasteiger charge is -2.14. The highest BCUT2D eigenvalue weighted by Gasteiger charge is 2.17. The molecule has 3 heterocycles. The Kier molecular flexibility index (Phi) is 4.37. The molecule has 0 unspecified atom stereocenters. The summed E-state index contributed by atoms with van der Waals surface area (Å²) in [6.07, 6.45) is 5.29. The van der Waals surface area contributed by atoms with Crippen LogP contribution in [0.25, 0.3) is 16.5 Å². The van der Waals surface area contributed by atoms with Gasteiger partial charge in [-0.2, -0.15) is 5.10 Å². The minimum absolute atomic E-state index is 0.133. The lowest BCUT2D eigenvalue weighted by atomic mass is 10.3. The number of hydrogen-bond acceptors (Lipinski definition) is 5. The van der Waals surface area contributed by atoms with Gasteiger partial charge in [-0.3, -0.25) is 4.79 Å². The Morgan fingerprint density at radius 1 is 1.23 bits per heavy atom. The number of para-hydroxylation sites is 1. The van der Waals surface area contributed by atoms with E-state index < -0.39 is 0 Å². The normalized spacial score (nSPS) is 10.8. The molecule has 0 N–H and O–H groups in total. The van der Waals surface area contributed by atoms with Crippen LogP contribution in [-0.4, -0.2) is 32.6 Å². The van der Waals surface area contributed by atoms with Crippen LogP contribution >= 0.6 is 11.3 Å². The van der Waals surface area contributed by atoms with Crippen LogP contribution in [0.1, 0.15) is 16.1 Å². The van der Waals surface area contributed by atoms with Crippen LogP contribution in [0.3, 0.4) is 0 Å². The standard InChI is InChI=1S/C19H16N4O2S/c1-22(11-14-10-20-23(12-14)15-6-3-2-4-7-15)19(24)16-13-26-18(21-16)17-8-5-9-25-17/h2-10,12-13H,11H2,1H3. The molecule has 1 amide bonds. The van der Waals surface area contributed by atoms with Gasteiger partial charge in [0.05, 0.1) is 18.1 Å². The summed E-state index contributed by atoms with van der Waals surface area (Å²) < 4.78 is 7.12. The molecule has 0 fully saturated rings. The van der Waals surface area contributed by atoms with Crippen molar-refractivity contribution in [1.82, 2.24) is 19.7 Å². The topological polar surface area (TPSA) is 64.2 Å². The van der Waals surface area contributed by atoms with E-state index in [0.717, 1.165) is 11.3 Å². The number of carbonyl (C=O) groups excluding carboxylic acids is 1. The molecule has 7 heteroatoms. The molecule has 1 aromatic carbocycles. The van der Waals surface area contributed by atoms with Gasteiger partial charge in [0.2, 0.25) is 0 Å². The third-order valence-corrected chi connectivity index (χ3v) is 4.74. The largest absolute Gasteiger partial charge is 0.462 e. The molecule has 0 saturated heterocycles. The Morgan fingerprint density at radius 2 is 2.08 bits per heavy atom. The lowest BCUT2D eigenvalue weighted by Crippen LogP contribution is -2.26. The van der Waals surface area contributed by atoms with Crippen LogP contribution in [0, 0.1) is 0 Å². The molecule has 3 aromatic heterocycles. The van der Waals surface area contributed by atoms with Gasteiger partial charge in [0.25, 0.3) is 5.91 Å². The monoisotopic (exact) mass is 364 g/mol. The number of hydrogen-bond donors (Lipinski definition) is 0. The Morgan fingerprint density at radius 3 is 2.85 bits per heavy atom. The third kappa shape index (κ3) is 3.29. The molecule has 130 valence electrons. The van der Waals surface area contributed by atoms with E-state index in [0.29, 0.717) is 23.0 Å². The molecule has 0 spiro atoms. The number of benzene rings is 1. The van der Waals surface area contributed by atoms with E-state index in [4.69, 9.17) is 4.42 Å². The fourth-order valence-electron chi connectivity index (χ4n) is 2.59. The Bertz CT molecular complexity index is 1010. The van der Waals surface area contributed by atoms with E-state index in [2.05, 4.69) is 10.1 Å². The quantitative estimate of drug-likeness (QED) is 0.539. The maximum atomic E-state index is 12.6. The maximum absolute atomic E-state index is 12.6. The van der Waals surface area contributed by atoms with Crippen LogP contribution < -0.4 is 0 Å². The average Bonchev–Trinajstić information content (AvgIpc) is 3.42. The molecule has 4 aromatic rings. The highest BCUT2D eigenvalue weighted by atomic mass is 32.1. The van der Waals surface area contributed by atoms with Crippen molar-refractivity contribution >= 4 is 17.2 Å². The summed E-state index contributed by atoms with van der Waals surface area (Å²) >= 11 is 1.39. The molecule has 6 nitrogen and oxygen atoms in total. The van der Waals surface area contributed by atoms with Crippen molar-refractivity contribution in [3.63, 3.8) is 0 Å². The zero-order valence-corrected chi connectivity index (χ0v) is 14.9. The van der Waals surface area contributed by atoms with Gasteiger partial charge in [-0.1, -0.05) is 18.2 Å². The SMILES string of the molecule is CN(Cc1cnn(-c2ccccc2)c1)C(=O)c1csc(-c2ccco2)n1. The molecular formula is C19H16N4O2S. The second-order valence-corrected chi connectivity index (χ2v) is 6.66. The summed E-state index contributed by atoms with van der Waals surface area (Å²) in [4.78, 5) is 18.6. The molecule has 0 aliphatic rings. The predicted molar refractivity (Wildman–Crippen MR) is 99.2 cm³/mol. The molecule has 26 heavy (non-hydrogen) atoms. The Balaban J connectivity index is 1.46. The molecule has 0 saturated carbocycles. The first kappa shape index (κ1) is 16.3. The predicted octanol–water partition coefficient (Wildman–Crippen LogP) is 3.86. The molecule has 4 rings (SSSR count). The van der Waals surface area contributed by atoms with Crippen molar-refractivity contribution in [3.8, 4) is 16.5 Å². The summed E-state index contributed by atoms with van der Waals surface area (Å²) in [6.45, 7) is 0.458. The molecule has 0 aliphatic carbocycles. The lowest BCUT2D eigenvalue weighted by molar-refractivity contribution is 0.0780. The van der Waals surface area contributed by atoms with Gasteiger partial charge in [-0.25, -0.2) is 9.67 Å². The number of aromatic nitrogens is 3. The van der Waals surface area contributed by atoms with Crippen LogP contribution in [-0.2, 0) is 6.54 Å². The molecule has 0 bridgehead atoms. The summed E-state index contributed by atoms with van der Waals surface area (Å²) in [6, 6.07) is 13.5. The van der Waals surface area contributed by atoms with Gasteiger partial charge in [0.1, 0.15) is 5.69 Å². The highest BCUT2D eigenvalue weighted by molar-refractivity contribution is 7.13. The second-order valence-electron chi connectivity index (χ2n) is 5.81. The van der Waals surface area contributed by atoms with Crippen molar-refractivity contribution in [2.75, 3.05) is 7.05 Å². The fourth-order valence-corrected chi connectivity index (χ4v) is 3.35. The number of nitrogens with zero attached hydrogens (tertiary/aromatic N) is 4. The molecular weight excluding hydrogens is 348 g/mol. The summed E-state index contributed by atoms with van der Waals surface area (Å²) in [5.41, 5.74) is 2.35. The summed E-state index contributed by atoms with van der Waals surface area (Å²) in [7, 11) is 1.76. The van der Waals surface area contributed by atoms with E-state index in [1.54, 1.807) is 40.5 Å². The molecule has 0 aliphatic heterocycles. The summed E-state index contributed by atoms with van der Waals surface area (Å²) in [5.74, 6) is 0.535. The Hall–Kier alpha value is -3.19. The van der Waals surface area contributed by atoms with E-state index >= 15 is 0 Å². The number of furan rings is 1. The van der Waals surface area contributed by atoms with E-state index in [1.807, 2.05) is 42.6 Å². The van der Waals surface area contributed by atoms with Crippen molar-refractivity contribution in [3.05, 3.63) is 77.8 Å². The first-order chi connectivity index (χ1) is 12.7. The van der Waals surface area contributed by atoms with Gasteiger partial charge < -0.3 is 9.32 Å². The van der Waals surface area contributed by atoms with Gasteiger partial charge in [-0.05, 0) is 24.3 Å². The first-order valence-electron chi connectivity index (χ1n) is 8.04. The van der Waals surface area contributed by atoms with Gasteiger partial charge in [0, 0.05) is 30.7 Å². The van der Waals surface area contributed by atoms with Gasteiger partial charge in [0.15, 0.2) is 10.8 Å². The Labute approximate surface area is 154 Å². The van der Waals surface area contributed by atoms with Crippen LogP contribution in [0.15, 0.2) is 70.9 Å². The van der Waals surface area contributed by atoms with Gasteiger partial charge >= 0.3 is 0 Å². The second kappa shape index (κ2) is 6.97. The minimum atomic E-state index is -0.133. The maximum Gasteiger partial charge on any atom is 0.273 e. The zero-order chi connectivity index (χ0) is 17.9. The van der Waals surface area contributed by atoms with Crippen LogP contribution in [0.4, 0.5) is 0 Å². The number of thiazole rings is 1. The van der Waals surface area contributed by atoms with E-state index in [-0.39, 0.29) is 5.91 Å². The highest BCUT2D eigenvalue weighted by Crippen LogP contribution is 2.24.